The van der Waals surface area contributed by atoms with Gasteiger partial charge in [0, 0.05) is 11.6 Å². The molecule has 2 aromatic heterocycles. The molecule has 0 aromatic carbocycles. The van der Waals surface area contributed by atoms with Crippen LogP contribution in [0, 0.1) is 20.8 Å². The number of furan rings is 1. The molecule has 0 saturated heterocycles. The first-order chi connectivity index (χ1) is 11.0. The van der Waals surface area contributed by atoms with Crippen molar-refractivity contribution in [3.63, 3.8) is 0 Å². The Balaban J connectivity index is 1.70. The minimum Gasteiger partial charge on any atom is -0.467 e. The Kier molecular flexibility index (Phi) is 4.50. The summed E-state index contributed by atoms with van der Waals surface area (Å²) in [6.07, 6.45) is 5.75. The van der Waals surface area contributed by atoms with Crippen molar-refractivity contribution in [1.82, 2.24) is 15.3 Å². The molecule has 2 heterocycles. The van der Waals surface area contributed by atoms with Gasteiger partial charge in [0.15, 0.2) is 6.61 Å². The molecule has 0 aliphatic heterocycles. The van der Waals surface area contributed by atoms with E-state index in [1.807, 2.05) is 13.8 Å². The second-order valence-corrected chi connectivity index (χ2v) is 6.23. The number of nitrogens with zero attached hydrogens (tertiary/aromatic N) is 2. The van der Waals surface area contributed by atoms with E-state index >= 15 is 0 Å². The van der Waals surface area contributed by atoms with Gasteiger partial charge in [0.05, 0.1) is 0 Å². The molecule has 6 nitrogen and oxygen atoms in total. The van der Waals surface area contributed by atoms with E-state index in [4.69, 9.17) is 9.15 Å². The highest BCUT2D eigenvalue weighted by molar-refractivity contribution is 5.84. The van der Waals surface area contributed by atoms with Crippen LogP contribution in [0.5, 0.6) is 5.88 Å². The number of amides is 1. The molecule has 1 saturated carbocycles. The molecule has 2 aromatic rings. The van der Waals surface area contributed by atoms with Crippen molar-refractivity contribution in [1.29, 1.82) is 0 Å². The molecule has 23 heavy (non-hydrogen) atoms. The molecule has 6 heteroatoms. The van der Waals surface area contributed by atoms with Gasteiger partial charge >= 0.3 is 0 Å². The van der Waals surface area contributed by atoms with Gasteiger partial charge in [0.1, 0.15) is 17.0 Å². The third-order valence-electron chi connectivity index (χ3n) is 4.42. The Morgan fingerprint density at radius 3 is 2.70 bits per heavy atom. The van der Waals surface area contributed by atoms with E-state index < -0.39 is 0 Å². The zero-order valence-corrected chi connectivity index (χ0v) is 13.9. The van der Waals surface area contributed by atoms with Gasteiger partial charge in [-0.15, -0.1) is 0 Å². The fourth-order valence-corrected chi connectivity index (χ4v) is 3.07. The molecule has 1 aliphatic rings. The molecule has 1 N–H and O–H groups in total. The van der Waals surface area contributed by atoms with E-state index in [1.165, 1.54) is 19.3 Å². The van der Waals surface area contributed by atoms with Crippen molar-refractivity contribution >= 4 is 17.0 Å². The number of hydrogen-bond donors (Lipinski definition) is 1. The molecule has 0 unspecified atom stereocenters. The summed E-state index contributed by atoms with van der Waals surface area (Å²) in [5.74, 6) is 1.67. The zero-order valence-electron chi connectivity index (χ0n) is 13.9. The van der Waals surface area contributed by atoms with E-state index in [1.54, 1.807) is 6.92 Å². The lowest BCUT2D eigenvalue weighted by atomic mass is 9.95. The SMILES string of the molecule is Cc1nc(OCC(=O)NC2CCCCC2)c2c(C)c(C)oc2n1. The number of rotatable bonds is 4. The Morgan fingerprint density at radius 1 is 1.22 bits per heavy atom. The van der Waals surface area contributed by atoms with Crippen molar-refractivity contribution in [3.05, 3.63) is 17.1 Å². The van der Waals surface area contributed by atoms with E-state index in [9.17, 15) is 4.79 Å². The van der Waals surface area contributed by atoms with Crippen molar-refractivity contribution in [2.24, 2.45) is 0 Å². The maximum Gasteiger partial charge on any atom is 0.258 e. The standard InChI is InChI=1S/C17H23N3O3/c1-10-11(2)23-17-15(10)16(18-12(3)19-17)22-9-14(21)20-13-7-5-4-6-8-13/h13H,4-9H2,1-3H3,(H,20,21). The van der Waals surface area contributed by atoms with E-state index in [0.29, 0.717) is 17.4 Å². The smallest absolute Gasteiger partial charge is 0.258 e. The molecule has 1 aliphatic carbocycles. The molecule has 124 valence electrons. The highest BCUT2D eigenvalue weighted by Gasteiger charge is 2.19. The van der Waals surface area contributed by atoms with Crippen molar-refractivity contribution in [3.8, 4) is 5.88 Å². The quantitative estimate of drug-likeness (QED) is 0.938. The topological polar surface area (TPSA) is 77.2 Å². The highest BCUT2D eigenvalue weighted by Crippen LogP contribution is 2.30. The van der Waals surface area contributed by atoms with Crippen LogP contribution in [0.4, 0.5) is 0 Å². The summed E-state index contributed by atoms with van der Waals surface area (Å²) in [6.45, 7) is 5.56. The van der Waals surface area contributed by atoms with E-state index in [2.05, 4.69) is 15.3 Å². The largest absolute Gasteiger partial charge is 0.467 e. The number of aryl methyl sites for hydroxylation is 3. The molecule has 0 bridgehead atoms. The van der Waals surface area contributed by atoms with Crippen LogP contribution in [0.1, 0.15) is 49.3 Å². The maximum absolute atomic E-state index is 12.1. The molecular formula is C17H23N3O3. The van der Waals surface area contributed by atoms with Crippen LogP contribution in [0.2, 0.25) is 0 Å². The van der Waals surface area contributed by atoms with Gasteiger partial charge in [0.2, 0.25) is 11.6 Å². The normalized spacial score (nSPS) is 15.8. The van der Waals surface area contributed by atoms with Crippen molar-refractivity contribution in [2.75, 3.05) is 6.61 Å². The zero-order chi connectivity index (χ0) is 16.4. The van der Waals surface area contributed by atoms with Gasteiger partial charge in [0.25, 0.3) is 5.91 Å². The summed E-state index contributed by atoms with van der Waals surface area (Å²) in [7, 11) is 0. The summed E-state index contributed by atoms with van der Waals surface area (Å²) >= 11 is 0. The lowest BCUT2D eigenvalue weighted by Gasteiger charge is -2.22. The third kappa shape index (κ3) is 3.46. The lowest BCUT2D eigenvalue weighted by molar-refractivity contribution is -0.124. The molecule has 3 rings (SSSR count). The number of aromatic nitrogens is 2. The van der Waals surface area contributed by atoms with Gasteiger partial charge in [-0.3, -0.25) is 4.79 Å². The fraction of sp³-hybridized carbons (Fsp3) is 0.588. The molecular weight excluding hydrogens is 294 g/mol. The van der Waals surface area contributed by atoms with Gasteiger partial charge < -0.3 is 14.5 Å². The molecule has 0 spiro atoms. The van der Waals surface area contributed by atoms with E-state index in [0.717, 1.165) is 29.6 Å². The van der Waals surface area contributed by atoms with Crippen LogP contribution < -0.4 is 10.1 Å². The Hall–Kier alpha value is -2.11. The number of fused-ring (bicyclic) bond motifs is 1. The number of ether oxygens (including phenoxy) is 1. The highest BCUT2D eigenvalue weighted by atomic mass is 16.5. The lowest BCUT2D eigenvalue weighted by Crippen LogP contribution is -2.39. The predicted octanol–water partition coefficient (Wildman–Crippen LogP) is 2.98. The Bertz CT molecular complexity index is 717. The number of carbonyl (C=O) groups excluding carboxylic acids is 1. The van der Waals surface area contributed by atoms with Crippen LogP contribution in [0.3, 0.4) is 0 Å². The van der Waals surface area contributed by atoms with Crippen LogP contribution in [-0.2, 0) is 4.79 Å². The third-order valence-corrected chi connectivity index (χ3v) is 4.42. The second kappa shape index (κ2) is 6.56. The first-order valence-corrected chi connectivity index (χ1v) is 8.21. The summed E-state index contributed by atoms with van der Waals surface area (Å²) < 4.78 is 11.3. The fourth-order valence-electron chi connectivity index (χ4n) is 3.07. The average Bonchev–Trinajstić information content (AvgIpc) is 2.80. The minimum absolute atomic E-state index is 0.0360. The van der Waals surface area contributed by atoms with Crippen LogP contribution in [0.15, 0.2) is 4.42 Å². The summed E-state index contributed by atoms with van der Waals surface area (Å²) in [5.41, 5.74) is 1.46. The second-order valence-electron chi connectivity index (χ2n) is 6.23. The van der Waals surface area contributed by atoms with E-state index in [-0.39, 0.29) is 18.6 Å². The summed E-state index contributed by atoms with van der Waals surface area (Å²) in [6, 6.07) is 0.282. The first kappa shape index (κ1) is 15.8. The number of nitrogens with one attached hydrogen (secondary N) is 1. The van der Waals surface area contributed by atoms with Crippen LogP contribution >= 0.6 is 0 Å². The summed E-state index contributed by atoms with van der Waals surface area (Å²) in [5, 5.41) is 3.79. The molecule has 0 radical (unpaired) electrons. The van der Waals surface area contributed by atoms with Gasteiger partial charge in [-0.25, -0.2) is 0 Å². The predicted molar refractivity (Wildman–Crippen MR) is 86.5 cm³/mol. The average molecular weight is 317 g/mol. The van der Waals surface area contributed by atoms with Gasteiger partial charge in [-0.2, -0.15) is 9.97 Å². The summed E-state index contributed by atoms with van der Waals surface area (Å²) in [4.78, 5) is 20.7. The first-order valence-electron chi connectivity index (χ1n) is 8.21. The Labute approximate surface area is 135 Å². The minimum atomic E-state index is -0.0980. The Morgan fingerprint density at radius 2 is 1.96 bits per heavy atom. The van der Waals surface area contributed by atoms with Crippen LogP contribution in [-0.4, -0.2) is 28.5 Å². The number of carbonyl (C=O) groups is 1. The van der Waals surface area contributed by atoms with Crippen molar-refractivity contribution < 1.29 is 13.9 Å². The molecule has 0 atom stereocenters. The van der Waals surface area contributed by atoms with Gasteiger partial charge in [-0.1, -0.05) is 19.3 Å². The van der Waals surface area contributed by atoms with Gasteiger partial charge in [-0.05, 0) is 33.6 Å². The van der Waals surface area contributed by atoms with Crippen LogP contribution in [0.25, 0.3) is 11.1 Å². The number of hydrogen-bond acceptors (Lipinski definition) is 5. The monoisotopic (exact) mass is 317 g/mol. The van der Waals surface area contributed by atoms with Crippen molar-refractivity contribution in [2.45, 2.75) is 58.9 Å². The molecule has 1 amide bonds. The maximum atomic E-state index is 12.1. The molecule has 1 fully saturated rings.